The molecule has 9 heteroatoms. The SMILES string of the molecule is COc1cccc(CN(C(=O)CCCN(c2ccccc2C)S(C)(=O)=O)[C@@H](C)C(=O)NC2CCCCC2)c1. The number of methoxy groups -OCH3 is 1. The molecule has 2 aromatic carbocycles. The second-order valence-electron chi connectivity index (χ2n) is 10.1. The lowest BCUT2D eigenvalue weighted by atomic mass is 9.95. The molecule has 1 atom stereocenters. The summed E-state index contributed by atoms with van der Waals surface area (Å²) < 4.78 is 31.8. The lowest BCUT2D eigenvalue weighted by Gasteiger charge is -2.31. The normalized spacial score (nSPS) is 14.9. The molecule has 1 N–H and O–H groups in total. The summed E-state index contributed by atoms with van der Waals surface area (Å²) in [5.41, 5.74) is 2.31. The third kappa shape index (κ3) is 8.21. The van der Waals surface area contributed by atoms with Gasteiger partial charge in [-0.1, -0.05) is 49.6 Å². The molecule has 38 heavy (non-hydrogen) atoms. The standard InChI is InChI=1S/C29H41N3O5S/c1-22-12-8-9-17-27(22)32(38(4,35)36)19-11-18-28(33)31(21-24-13-10-16-26(20-24)37-3)23(2)29(34)30-25-14-6-5-7-15-25/h8-10,12-13,16-17,20,23,25H,5-7,11,14-15,18-19,21H2,1-4H3,(H,30,34)/t23-/m0/s1. The molecular weight excluding hydrogens is 502 g/mol. The molecule has 2 amide bonds. The largest absolute Gasteiger partial charge is 0.497 e. The van der Waals surface area contributed by atoms with Crippen molar-refractivity contribution < 1.29 is 22.7 Å². The first-order valence-corrected chi connectivity index (χ1v) is 15.2. The Morgan fingerprint density at radius 3 is 2.45 bits per heavy atom. The van der Waals surface area contributed by atoms with Crippen LogP contribution in [0.5, 0.6) is 5.75 Å². The molecule has 3 rings (SSSR count). The van der Waals surface area contributed by atoms with E-state index in [1.54, 1.807) is 31.1 Å². The van der Waals surface area contributed by atoms with Crippen LogP contribution in [-0.4, -0.2) is 57.1 Å². The van der Waals surface area contributed by atoms with Crippen LogP contribution in [0.15, 0.2) is 48.5 Å². The Labute approximate surface area is 227 Å². The van der Waals surface area contributed by atoms with Gasteiger partial charge < -0.3 is 15.0 Å². The average molecular weight is 544 g/mol. The van der Waals surface area contributed by atoms with E-state index in [1.165, 1.54) is 17.0 Å². The summed E-state index contributed by atoms with van der Waals surface area (Å²) in [6, 6.07) is 14.2. The molecule has 0 aromatic heterocycles. The predicted molar refractivity (Wildman–Crippen MR) is 151 cm³/mol. The van der Waals surface area contributed by atoms with Crippen molar-refractivity contribution >= 4 is 27.5 Å². The van der Waals surface area contributed by atoms with E-state index in [0.717, 1.165) is 36.8 Å². The zero-order valence-corrected chi connectivity index (χ0v) is 23.8. The zero-order valence-electron chi connectivity index (χ0n) is 23.0. The van der Waals surface area contributed by atoms with E-state index in [9.17, 15) is 18.0 Å². The number of hydrogen-bond donors (Lipinski definition) is 1. The molecule has 1 aliphatic rings. The Balaban J connectivity index is 1.74. The maximum atomic E-state index is 13.5. The first-order valence-electron chi connectivity index (χ1n) is 13.4. The molecule has 208 valence electrons. The summed E-state index contributed by atoms with van der Waals surface area (Å²) in [6.07, 6.45) is 6.93. The fraction of sp³-hybridized carbons (Fsp3) is 0.517. The summed E-state index contributed by atoms with van der Waals surface area (Å²) in [6.45, 7) is 4.04. The molecule has 8 nitrogen and oxygen atoms in total. The fourth-order valence-corrected chi connectivity index (χ4v) is 5.97. The number of amides is 2. The molecule has 0 aliphatic heterocycles. The molecule has 0 heterocycles. The third-order valence-corrected chi connectivity index (χ3v) is 8.32. The van der Waals surface area contributed by atoms with Gasteiger partial charge in [0.1, 0.15) is 11.8 Å². The number of carbonyl (C=O) groups excluding carboxylic acids is 2. The maximum absolute atomic E-state index is 13.5. The van der Waals surface area contributed by atoms with Crippen LogP contribution in [0, 0.1) is 6.92 Å². The lowest BCUT2D eigenvalue weighted by molar-refractivity contribution is -0.141. The van der Waals surface area contributed by atoms with Crippen LogP contribution in [0.3, 0.4) is 0 Å². The van der Waals surface area contributed by atoms with Gasteiger partial charge >= 0.3 is 0 Å². The van der Waals surface area contributed by atoms with E-state index in [-0.39, 0.29) is 37.4 Å². The molecule has 0 saturated heterocycles. The maximum Gasteiger partial charge on any atom is 0.242 e. The summed E-state index contributed by atoms with van der Waals surface area (Å²) in [5, 5.41) is 3.14. The van der Waals surface area contributed by atoms with Crippen molar-refractivity contribution in [1.29, 1.82) is 0 Å². The summed E-state index contributed by atoms with van der Waals surface area (Å²) in [7, 11) is -1.94. The number of carbonyl (C=O) groups is 2. The van der Waals surface area contributed by atoms with Crippen LogP contribution < -0.4 is 14.4 Å². The number of anilines is 1. The molecule has 0 bridgehead atoms. The Morgan fingerprint density at radius 1 is 1.08 bits per heavy atom. The van der Waals surface area contributed by atoms with Crippen molar-refractivity contribution in [3.8, 4) is 5.75 Å². The highest BCUT2D eigenvalue weighted by Gasteiger charge is 2.28. The Bertz CT molecular complexity index is 1190. The first kappa shape index (κ1) is 29.5. The van der Waals surface area contributed by atoms with E-state index in [2.05, 4.69) is 5.32 Å². The number of nitrogens with one attached hydrogen (secondary N) is 1. The molecule has 1 fully saturated rings. The van der Waals surface area contributed by atoms with Gasteiger partial charge in [0, 0.05) is 25.6 Å². The quantitative estimate of drug-likeness (QED) is 0.428. The van der Waals surface area contributed by atoms with Crippen molar-refractivity contribution in [2.45, 2.75) is 77.4 Å². The monoisotopic (exact) mass is 543 g/mol. The Kier molecular flexibility index (Phi) is 10.6. The van der Waals surface area contributed by atoms with Crippen LogP contribution in [0.4, 0.5) is 5.69 Å². The zero-order chi connectivity index (χ0) is 27.7. The van der Waals surface area contributed by atoms with E-state index < -0.39 is 16.1 Å². The fourth-order valence-electron chi connectivity index (χ4n) is 4.94. The van der Waals surface area contributed by atoms with Crippen molar-refractivity contribution in [3.63, 3.8) is 0 Å². The third-order valence-electron chi connectivity index (χ3n) is 7.14. The second kappa shape index (κ2) is 13.6. The van der Waals surface area contributed by atoms with Crippen molar-refractivity contribution in [1.82, 2.24) is 10.2 Å². The number of benzene rings is 2. The number of hydrogen-bond acceptors (Lipinski definition) is 5. The second-order valence-corrected chi connectivity index (χ2v) is 12.0. The van der Waals surface area contributed by atoms with Gasteiger partial charge in [0.15, 0.2) is 0 Å². The molecule has 2 aromatic rings. The summed E-state index contributed by atoms with van der Waals surface area (Å²) in [5.74, 6) is 0.319. The molecule has 0 spiro atoms. The minimum Gasteiger partial charge on any atom is -0.497 e. The topological polar surface area (TPSA) is 96.0 Å². The molecule has 0 radical (unpaired) electrons. The van der Waals surface area contributed by atoms with Gasteiger partial charge in [0.05, 0.1) is 19.1 Å². The number of sulfonamides is 1. The summed E-state index contributed by atoms with van der Waals surface area (Å²) in [4.78, 5) is 28.3. The first-order chi connectivity index (χ1) is 18.1. The number of nitrogens with zero attached hydrogens (tertiary/aromatic N) is 2. The number of rotatable bonds is 12. The predicted octanol–water partition coefficient (Wildman–Crippen LogP) is 4.42. The summed E-state index contributed by atoms with van der Waals surface area (Å²) >= 11 is 0. The van der Waals surface area contributed by atoms with Crippen molar-refractivity contribution in [3.05, 3.63) is 59.7 Å². The van der Waals surface area contributed by atoms with Gasteiger partial charge in [-0.25, -0.2) is 8.42 Å². The van der Waals surface area contributed by atoms with Crippen LogP contribution in [0.25, 0.3) is 0 Å². The van der Waals surface area contributed by atoms with Gasteiger partial charge in [-0.05, 0) is 62.4 Å². The van der Waals surface area contributed by atoms with Crippen molar-refractivity contribution in [2.24, 2.45) is 0 Å². The van der Waals surface area contributed by atoms with Crippen LogP contribution in [0.2, 0.25) is 0 Å². The highest BCUT2D eigenvalue weighted by Crippen LogP contribution is 2.23. The van der Waals surface area contributed by atoms with Crippen LogP contribution in [0.1, 0.15) is 63.0 Å². The van der Waals surface area contributed by atoms with Gasteiger partial charge in [-0.15, -0.1) is 0 Å². The minimum atomic E-state index is -3.53. The van der Waals surface area contributed by atoms with Gasteiger partial charge in [-0.3, -0.25) is 13.9 Å². The van der Waals surface area contributed by atoms with E-state index in [4.69, 9.17) is 4.74 Å². The molecule has 1 aliphatic carbocycles. The smallest absolute Gasteiger partial charge is 0.242 e. The molecule has 1 saturated carbocycles. The van der Waals surface area contributed by atoms with Crippen LogP contribution >= 0.6 is 0 Å². The van der Waals surface area contributed by atoms with Gasteiger partial charge in [0.25, 0.3) is 0 Å². The van der Waals surface area contributed by atoms with Gasteiger partial charge in [-0.2, -0.15) is 0 Å². The highest BCUT2D eigenvalue weighted by molar-refractivity contribution is 7.92. The average Bonchev–Trinajstić information content (AvgIpc) is 2.90. The Morgan fingerprint density at radius 2 is 1.79 bits per heavy atom. The van der Waals surface area contributed by atoms with Crippen molar-refractivity contribution in [2.75, 3.05) is 24.2 Å². The van der Waals surface area contributed by atoms with E-state index in [1.807, 2.05) is 43.3 Å². The number of ether oxygens (including phenoxy) is 1. The minimum absolute atomic E-state index is 0.114. The number of para-hydroxylation sites is 1. The van der Waals surface area contributed by atoms with E-state index in [0.29, 0.717) is 17.9 Å². The molecule has 0 unspecified atom stereocenters. The van der Waals surface area contributed by atoms with Crippen LogP contribution in [-0.2, 0) is 26.2 Å². The van der Waals surface area contributed by atoms with E-state index >= 15 is 0 Å². The van der Waals surface area contributed by atoms with Gasteiger partial charge in [0.2, 0.25) is 21.8 Å². The molecular formula is C29H41N3O5S. The number of aryl methyl sites for hydroxylation is 1. The highest BCUT2D eigenvalue weighted by atomic mass is 32.2. The Hall–Kier alpha value is -3.07. The lowest BCUT2D eigenvalue weighted by Crippen LogP contribution is -2.50.